The molecule has 7 heteroatoms. The van der Waals surface area contributed by atoms with Gasteiger partial charge in [0.25, 0.3) is 0 Å². The van der Waals surface area contributed by atoms with Gasteiger partial charge in [-0.15, -0.1) is 0 Å². The second-order valence-electron chi connectivity index (χ2n) is 4.85. The number of hydrogen-bond donors (Lipinski definition) is 3. The molecule has 0 aliphatic carbocycles. The van der Waals surface area contributed by atoms with Crippen molar-refractivity contribution in [2.45, 2.75) is 18.9 Å². The van der Waals surface area contributed by atoms with Crippen molar-refractivity contribution >= 4 is 12.1 Å². The first-order valence-corrected chi connectivity index (χ1v) is 6.81. The highest BCUT2D eigenvalue weighted by atomic mass is 16.4. The predicted octanol–water partition coefficient (Wildman–Crippen LogP) is 1.63. The van der Waals surface area contributed by atoms with Gasteiger partial charge < -0.3 is 15.2 Å². The standard InChI is InChI=1S/C15H17N3O4/c19-14(20)13(8-12-9-16-10-17-12)18(15(21)22)7-6-11-4-2-1-3-5-11/h1-5,9-10,13H,6-8H2,(H,16,17)(H,19,20)(H,21,22). The number of H-pyrrole nitrogens is 1. The molecule has 116 valence electrons. The van der Waals surface area contributed by atoms with Crippen LogP contribution in [-0.2, 0) is 17.6 Å². The summed E-state index contributed by atoms with van der Waals surface area (Å²) < 4.78 is 0. The van der Waals surface area contributed by atoms with Crippen LogP contribution in [0.25, 0.3) is 0 Å². The number of nitrogens with zero attached hydrogens (tertiary/aromatic N) is 2. The Morgan fingerprint density at radius 2 is 1.95 bits per heavy atom. The number of imidazole rings is 1. The van der Waals surface area contributed by atoms with Gasteiger partial charge in [-0.2, -0.15) is 0 Å². The number of hydrogen-bond acceptors (Lipinski definition) is 3. The molecule has 3 N–H and O–H groups in total. The van der Waals surface area contributed by atoms with Gasteiger partial charge in [0.2, 0.25) is 0 Å². The number of carbonyl (C=O) groups is 2. The molecule has 2 aromatic rings. The maximum absolute atomic E-state index is 11.4. The van der Waals surface area contributed by atoms with Gasteiger partial charge in [-0.3, -0.25) is 4.90 Å². The summed E-state index contributed by atoms with van der Waals surface area (Å²) in [6.45, 7) is 0.116. The van der Waals surface area contributed by atoms with Crippen LogP contribution in [0.1, 0.15) is 11.3 Å². The Bertz CT molecular complexity index is 613. The minimum absolute atomic E-state index is 0.0520. The third kappa shape index (κ3) is 4.08. The van der Waals surface area contributed by atoms with Crippen LogP contribution in [0.15, 0.2) is 42.9 Å². The highest BCUT2D eigenvalue weighted by Crippen LogP contribution is 2.10. The topological polar surface area (TPSA) is 107 Å². The van der Waals surface area contributed by atoms with Gasteiger partial charge in [-0.1, -0.05) is 30.3 Å². The summed E-state index contributed by atoms with van der Waals surface area (Å²) in [6.07, 6.45) is 2.19. The first kappa shape index (κ1) is 15.6. The number of aromatic amines is 1. The third-order valence-electron chi connectivity index (χ3n) is 3.36. The summed E-state index contributed by atoms with van der Waals surface area (Å²) in [4.78, 5) is 30.4. The Balaban J connectivity index is 2.09. The van der Waals surface area contributed by atoms with E-state index in [1.165, 1.54) is 12.5 Å². The van der Waals surface area contributed by atoms with Gasteiger partial charge in [-0.05, 0) is 12.0 Å². The molecule has 0 saturated carbocycles. The Labute approximate surface area is 127 Å². The Kier molecular flexibility index (Phi) is 5.13. The highest BCUT2D eigenvalue weighted by Gasteiger charge is 2.29. The lowest BCUT2D eigenvalue weighted by atomic mass is 10.1. The number of aromatic nitrogens is 2. The number of rotatable bonds is 7. The fraction of sp³-hybridized carbons (Fsp3) is 0.267. The molecule has 1 aromatic heterocycles. The smallest absolute Gasteiger partial charge is 0.408 e. The molecule has 0 fully saturated rings. The number of amides is 1. The van der Waals surface area contributed by atoms with Crippen LogP contribution < -0.4 is 0 Å². The van der Waals surface area contributed by atoms with E-state index in [1.807, 2.05) is 30.3 Å². The van der Waals surface area contributed by atoms with Crippen LogP contribution in [0.2, 0.25) is 0 Å². The quantitative estimate of drug-likeness (QED) is 0.720. The second kappa shape index (κ2) is 7.26. The first-order valence-electron chi connectivity index (χ1n) is 6.81. The zero-order chi connectivity index (χ0) is 15.9. The van der Waals surface area contributed by atoms with Crippen molar-refractivity contribution < 1.29 is 19.8 Å². The SMILES string of the molecule is O=C(O)C(Cc1cnc[nH]1)N(CCc1ccccc1)C(=O)O. The fourth-order valence-corrected chi connectivity index (χ4v) is 2.21. The van der Waals surface area contributed by atoms with Gasteiger partial charge in [0, 0.05) is 24.9 Å². The number of carboxylic acid groups (broad SMARTS) is 2. The summed E-state index contributed by atoms with van der Waals surface area (Å²) in [6, 6.07) is 8.20. The van der Waals surface area contributed by atoms with Gasteiger partial charge in [-0.25, -0.2) is 14.6 Å². The van der Waals surface area contributed by atoms with Crippen LogP contribution in [-0.4, -0.2) is 49.7 Å². The van der Waals surface area contributed by atoms with E-state index in [0.29, 0.717) is 12.1 Å². The van der Waals surface area contributed by atoms with Crippen molar-refractivity contribution in [2.75, 3.05) is 6.54 Å². The number of nitrogens with one attached hydrogen (secondary N) is 1. The Hall–Kier alpha value is -2.83. The van der Waals surface area contributed by atoms with Crippen molar-refractivity contribution in [1.82, 2.24) is 14.9 Å². The molecule has 0 aliphatic heterocycles. The molecule has 7 nitrogen and oxygen atoms in total. The lowest BCUT2D eigenvalue weighted by Crippen LogP contribution is -2.46. The first-order chi connectivity index (χ1) is 10.6. The van der Waals surface area contributed by atoms with Crippen LogP contribution in [0.5, 0.6) is 0 Å². The minimum Gasteiger partial charge on any atom is -0.480 e. The number of aliphatic carboxylic acids is 1. The average molecular weight is 303 g/mol. The molecule has 1 atom stereocenters. The summed E-state index contributed by atoms with van der Waals surface area (Å²) in [7, 11) is 0. The molecule has 0 bridgehead atoms. The van der Waals surface area contributed by atoms with E-state index >= 15 is 0 Å². The van der Waals surface area contributed by atoms with Gasteiger partial charge in [0.05, 0.1) is 6.33 Å². The molecular weight excluding hydrogens is 286 g/mol. The zero-order valence-corrected chi connectivity index (χ0v) is 11.8. The molecule has 1 unspecified atom stereocenters. The van der Waals surface area contributed by atoms with E-state index in [-0.39, 0.29) is 13.0 Å². The van der Waals surface area contributed by atoms with E-state index in [0.717, 1.165) is 10.5 Å². The van der Waals surface area contributed by atoms with Gasteiger partial charge in [0.1, 0.15) is 6.04 Å². The summed E-state index contributed by atoms with van der Waals surface area (Å²) in [5, 5.41) is 18.7. The van der Waals surface area contributed by atoms with E-state index < -0.39 is 18.1 Å². The lowest BCUT2D eigenvalue weighted by molar-refractivity contribution is -0.142. The van der Waals surface area contributed by atoms with E-state index in [1.54, 1.807) is 0 Å². The predicted molar refractivity (Wildman–Crippen MR) is 78.6 cm³/mol. The molecule has 1 aromatic carbocycles. The molecule has 0 spiro atoms. The van der Waals surface area contributed by atoms with E-state index in [4.69, 9.17) is 0 Å². The molecule has 2 rings (SSSR count). The van der Waals surface area contributed by atoms with Crippen molar-refractivity contribution in [2.24, 2.45) is 0 Å². The van der Waals surface area contributed by atoms with Crippen molar-refractivity contribution in [1.29, 1.82) is 0 Å². The maximum atomic E-state index is 11.4. The maximum Gasteiger partial charge on any atom is 0.408 e. The molecule has 0 saturated heterocycles. The monoisotopic (exact) mass is 303 g/mol. The fourth-order valence-electron chi connectivity index (χ4n) is 2.21. The van der Waals surface area contributed by atoms with Gasteiger partial charge >= 0.3 is 12.1 Å². The normalized spacial score (nSPS) is 11.8. The van der Waals surface area contributed by atoms with Crippen LogP contribution >= 0.6 is 0 Å². The summed E-state index contributed by atoms with van der Waals surface area (Å²) in [5.41, 5.74) is 1.54. The minimum atomic E-state index is -1.25. The van der Waals surface area contributed by atoms with E-state index in [9.17, 15) is 19.8 Å². The highest BCUT2D eigenvalue weighted by molar-refractivity contribution is 5.79. The molecule has 1 amide bonds. The number of benzene rings is 1. The van der Waals surface area contributed by atoms with Crippen LogP contribution in [0.3, 0.4) is 0 Å². The van der Waals surface area contributed by atoms with Crippen molar-refractivity contribution in [3.63, 3.8) is 0 Å². The van der Waals surface area contributed by atoms with Gasteiger partial charge in [0.15, 0.2) is 0 Å². The molecular formula is C15H17N3O4. The third-order valence-corrected chi connectivity index (χ3v) is 3.36. The van der Waals surface area contributed by atoms with Crippen LogP contribution in [0.4, 0.5) is 4.79 Å². The van der Waals surface area contributed by atoms with Crippen molar-refractivity contribution in [3.05, 3.63) is 54.1 Å². The second-order valence-corrected chi connectivity index (χ2v) is 4.85. The lowest BCUT2D eigenvalue weighted by Gasteiger charge is -2.26. The molecule has 1 heterocycles. The molecule has 22 heavy (non-hydrogen) atoms. The average Bonchev–Trinajstić information content (AvgIpc) is 3.00. The van der Waals surface area contributed by atoms with Crippen LogP contribution in [0, 0.1) is 0 Å². The zero-order valence-electron chi connectivity index (χ0n) is 11.8. The van der Waals surface area contributed by atoms with E-state index in [2.05, 4.69) is 9.97 Å². The van der Waals surface area contributed by atoms with Crippen molar-refractivity contribution in [3.8, 4) is 0 Å². The molecule has 0 aliphatic rings. The Morgan fingerprint density at radius 1 is 1.23 bits per heavy atom. The summed E-state index contributed by atoms with van der Waals surface area (Å²) >= 11 is 0. The largest absolute Gasteiger partial charge is 0.480 e. The Morgan fingerprint density at radius 3 is 2.50 bits per heavy atom. The number of carboxylic acids is 1. The summed E-state index contributed by atoms with van der Waals surface area (Å²) in [5.74, 6) is -1.18. The molecule has 0 radical (unpaired) electrons.